The minimum Gasteiger partial charge on any atom is -0.459 e. The van der Waals surface area contributed by atoms with E-state index in [4.69, 9.17) is 9.84 Å². The number of aromatic nitrogens is 1. The first kappa shape index (κ1) is 26.6. The lowest BCUT2D eigenvalue weighted by atomic mass is 9.99. The highest BCUT2D eigenvalue weighted by Crippen LogP contribution is 2.38. The maximum absolute atomic E-state index is 14.6. The quantitative estimate of drug-likeness (QED) is 0.289. The molecule has 0 radical (unpaired) electrons. The molecule has 0 saturated heterocycles. The lowest BCUT2D eigenvalue weighted by Crippen LogP contribution is -2.35. The van der Waals surface area contributed by atoms with E-state index in [0.717, 1.165) is 9.98 Å². The van der Waals surface area contributed by atoms with Gasteiger partial charge in [0.15, 0.2) is 0 Å². The molecule has 5 rings (SSSR count). The molecule has 0 bridgehead atoms. The molecule has 1 aliphatic heterocycles. The summed E-state index contributed by atoms with van der Waals surface area (Å²) in [6.45, 7) is 8.88. The monoisotopic (exact) mass is 547 g/mol. The van der Waals surface area contributed by atoms with Crippen LogP contribution >= 0.6 is 0 Å². The highest BCUT2D eigenvalue weighted by atomic mass is 32.2. The molecule has 7 nitrogen and oxygen atoms in total. The molecule has 1 atom stereocenters. The van der Waals surface area contributed by atoms with Gasteiger partial charge in [-0.15, -0.1) is 0 Å². The molecule has 0 aliphatic carbocycles. The first-order chi connectivity index (χ1) is 18.4. The summed E-state index contributed by atoms with van der Waals surface area (Å²) in [5.74, 6) is -0.892. The summed E-state index contributed by atoms with van der Waals surface area (Å²) in [4.78, 5) is 12.9. The Kier molecular flexibility index (Phi) is 6.58. The maximum atomic E-state index is 14.6. The second-order valence-electron chi connectivity index (χ2n) is 10.6. The van der Waals surface area contributed by atoms with E-state index in [9.17, 15) is 17.6 Å². The van der Waals surface area contributed by atoms with Crippen molar-refractivity contribution >= 4 is 32.6 Å². The Morgan fingerprint density at radius 3 is 2.38 bits per heavy atom. The number of fused-ring (bicyclic) bond motifs is 2. The average molecular weight is 548 g/mol. The number of hydrogen-bond donors (Lipinski definition) is 0. The maximum Gasteiger partial charge on any atom is 0.326 e. The van der Waals surface area contributed by atoms with E-state index in [-0.39, 0.29) is 11.4 Å². The van der Waals surface area contributed by atoms with Crippen LogP contribution in [0.1, 0.15) is 56.1 Å². The lowest BCUT2D eigenvalue weighted by Gasteiger charge is -2.31. The summed E-state index contributed by atoms with van der Waals surface area (Å²) in [5, 5.41) is 5.25. The number of hydrazone groups is 1. The highest BCUT2D eigenvalue weighted by Gasteiger charge is 2.38. The minimum atomic E-state index is -3.99. The molecule has 0 saturated carbocycles. The standard InChI is InChI=1S/C30H30FN3O4S/c1-19(21-11-7-6-8-12-21)34-32-29(23-13-9-10-14-26(23)39(34,36)37)28-20(2)33(18-27(35)38-30(3,4)5)25-16-15-22(31)17-24(25)28/h6-17,19H,18H2,1-5H3. The Morgan fingerprint density at radius 1 is 1.03 bits per heavy atom. The van der Waals surface area contributed by atoms with Gasteiger partial charge in [0, 0.05) is 27.7 Å². The van der Waals surface area contributed by atoms with Crippen molar-refractivity contribution in [1.82, 2.24) is 8.98 Å². The lowest BCUT2D eigenvalue weighted by molar-refractivity contribution is -0.155. The molecule has 4 aromatic rings. The van der Waals surface area contributed by atoms with Crippen molar-refractivity contribution in [3.63, 3.8) is 0 Å². The van der Waals surface area contributed by atoms with E-state index < -0.39 is 33.5 Å². The third-order valence-corrected chi connectivity index (χ3v) is 8.51. The molecular weight excluding hydrogens is 517 g/mol. The normalized spacial score (nSPS) is 15.5. The molecule has 1 unspecified atom stereocenters. The van der Waals surface area contributed by atoms with Gasteiger partial charge in [0.2, 0.25) is 0 Å². The van der Waals surface area contributed by atoms with E-state index in [1.165, 1.54) is 12.1 Å². The van der Waals surface area contributed by atoms with E-state index in [1.807, 2.05) is 37.3 Å². The topological polar surface area (TPSA) is 81.0 Å². The van der Waals surface area contributed by atoms with Crippen molar-refractivity contribution in [1.29, 1.82) is 0 Å². The second kappa shape index (κ2) is 9.64. The predicted octanol–water partition coefficient (Wildman–Crippen LogP) is 5.95. The number of nitrogens with zero attached hydrogens (tertiary/aromatic N) is 3. The Morgan fingerprint density at radius 2 is 1.69 bits per heavy atom. The number of sulfonamides is 1. The first-order valence-electron chi connectivity index (χ1n) is 12.7. The van der Waals surface area contributed by atoms with Gasteiger partial charge >= 0.3 is 5.97 Å². The van der Waals surface area contributed by atoms with Crippen LogP contribution in [0.15, 0.2) is 82.8 Å². The van der Waals surface area contributed by atoms with Crippen LogP contribution in [0, 0.1) is 12.7 Å². The van der Waals surface area contributed by atoms with Crippen molar-refractivity contribution in [2.24, 2.45) is 5.10 Å². The zero-order valence-electron chi connectivity index (χ0n) is 22.5. The number of ether oxygens (including phenoxy) is 1. The number of hydrogen-bond acceptors (Lipinski definition) is 5. The molecule has 3 aromatic carbocycles. The van der Waals surface area contributed by atoms with E-state index in [0.29, 0.717) is 33.4 Å². The first-order valence-corrected chi connectivity index (χ1v) is 14.1. The van der Waals surface area contributed by atoms with Crippen LogP contribution in [0.2, 0.25) is 0 Å². The van der Waals surface area contributed by atoms with Crippen LogP contribution in [-0.2, 0) is 26.1 Å². The highest BCUT2D eigenvalue weighted by molar-refractivity contribution is 7.89. The van der Waals surface area contributed by atoms with Crippen LogP contribution in [0.3, 0.4) is 0 Å². The van der Waals surface area contributed by atoms with Crippen molar-refractivity contribution in [2.75, 3.05) is 0 Å². The zero-order chi connectivity index (χ0) is 28.1. The van der Waals surface area contributed by atoms with Crippen LogP contribution in [-0.4, -0.2) is 34.7 Å². The summed E-state index contributed by atoms with van der Waals surface area (Å²) < 4.78 is 50.6. The van der Waals surface area contributed by atoms with Gasteiger partial charge < -0.3 is 9.30 Å². The molecule has 2 heterocycles. The predicted molar refractivity (Wildman–Crippen MR) is 148 cm³/mol. The van der Waals surface area contributed by atoms with Gasteiger partial charge in [-0.3, -0.25) is 4.79 Å². The fourth-order valence-electron chi connectivity index (χ4n) is 4.99. The molecular formula is C30H30FN3O4S. The number of esters is 1. The Bertz CT molecular complexity index is 1720. The van der Waals surface area contributed by atoms with E-state index in [2.05, 4.69) is 0 Å². The molecule has 9 heteroatoms. The number of carbonyl (C=O) groups excluding carboxylic acids is 1. The summed E-state index contributed by atoms with van der Waals surface area (Å²) in [6, 6.07) is 19.7. The van der Waals surface area contributed by atoms with E-state index >= 15 is 0 Å². The van der Waals surface area contributed by atoms with Gasteiger partial charge in [0.25, 0.3) is 10.0 Å². The van der Waals surface area contributed by atoms with Crippen molar-refractivity contribution in [2.45, 2.75) is 57.7 Å². The third-order valence-electron chi connectivity index (χ3n) is 6.71. The second-order valence-corrected chi connectivity index (χ2v) is 12.4. The van der Waals surface area contributed by atoms with Crippen LogP contribution in [0.4, 0.5) is 4.39 Å². The fraction of sp³-hybridized carbons (Fsp3) is 0.267. The van der Waals surface area contributed by atoms with Crippen LogP contribution < -0.4 is 0 Å². The number of benzene rings is 3. The zero-order valence-corrected chi connectivity index (χ0v) is 23.3. The van der Waals surface area contributed by atoms with Gasteiger partial charge in [-0.05, 0) is 64.4 Å². The van der Waals surface area contributed by atoms with Gasteiger partial charge in [0.1, 0.15) is 23.7 Å². The SMILES string of the molecule is Cc1c(C2=NN(C(C)c3ccccc3)S(=O)(=O)c3ccccc32)c2cc(F)ccc2n1CC(=O)OC(C)(C)C. The fourth-order valence-corrected chi connectivity index (χ4v) is 6.61. The number of rotatable bonds is 5. The molecule has 0 spiro atoms. The Hall–Kier alpha value is -3.98. The van der Waals surface area contributed by atoms with Gasteiger partial charge in [-0.2, -0.15) is 17.9 Å². The smallest absolute Gasteiger partial charge is 0.326 e. The van der Waals surface area contributed by atoms with Crippen molar-refractivity contribution in [3.8, 4) is 0 Å². The van der Waals surface area contributed by atoms with Gasteiger partial charge in [-0.25, -0.2) is 4.39 Å². The van der Waals surface area contributed by atoms with Crippen molar-refractivity contribution < 1.29 is 22.3 Å². The third kappa shape index (κ3) is 4.83. The number of carbonyl (C=O) groups is 1. The number of halogens is 1. The molecule has 0 N–H and O–H groups in total. The van der Waals surface area contributed by atoms with Crippen molar-refractivity contribution in [3.05, 3.63) is 101 Å². The Balaban J connectivity index is 1.75. The molecule has 0 amide bonds. The summed E-state index contributed by atoms with van der Waals surface area (Å²) >= 11 is 0. The molecule has 0 fully saturated rings. The van der Waals surface area contributed by atoms with Gasteiger partial charge in [0.05, 0.1) is 10.9 Å². The Labute approximate surface area is 227 Å². The van der Waals surface area contributed by atoms with Crippen LogP contribution in [0.5, 0.6) is 0 Å². The summed E-state index contributed by atoms with van der Waals surface area (Å²) in [5.41, 5.74) is 2.72. The van der Waals surface area contributed by atoms with E-state index in [1.54, 1.807) is 62.6 Å². The minimum absolute atomic E-state index is 0.0946. The molecule has 1 aromatic heterocycles. The molecule has 39 heavy (non-hydrogen) atoms. The van der Waals surface area contributed by atoms with Crippen LogP contribution in [0.25, 0.3) is 10.9 Å². The largest absolute Gasteiger partial charge is 0.459 e. The summed E-state index contributed by atoms with van der Waals surface area (Å²) in [7, 11) is -3.99. The summed E-state index contributed by atoms with van der Waals surface area (Å²) in [6.07, 6.45) is 0. The van der Waals surface area contributed by atoms with Gasteiger partial charge in [-0.1, -0.05) is 48.5 Å². The molecule has 202 valence electrons. The molecule has 1 aliphatic rings. The average Bonchev–Trinajstić information content (AvgIpc) is 3.13.